The molecule has 0 fully saturated rings. The van der Waals surface area contributed by atoms with Crippen LogP contribution in [0.25, 0.3) is 11.1 Å². The van der Waals surface area contributed by atoms with E-state index in [2.05, 4.69) is 31.2 Å². The summed E-state index contributed by atoms with van der Waals surface area (Å²) in [7, 11) is 1.72. The molecule has 0 aliphatic heterocycles. The van der Waals surface area contributed by atoms with Gasteiger partial charge in [0.2, 0.25) is 0 Å². The molecule has 0 aromatic heterocycles. The Bertz CT molecular complexity index is 1240. The molecule has 2 aromatic rings. The predicted octanol–water partition coefficient (Wildman–Crippen LogP) is 6.02. The molecule has 0 saturated heterocycles. The molecule has 336 valence electrons. The largest absolute Gasteiger partial charge is 0.448 e. The summed E-state index contributed by atoms with van der Waals surface area (Å²) in [5, 5.41) is 0. The molecule has 0 unspecified atom stereocenters. The van der Waals surface area contributed by atoms with Crippen LogP contribution in [0.5, 0.6) is 0 Å². The van der Waals surface area contributed by atoms with Crippen molar-refractivity contribution in [3.63, 3.8) is 0 Å². The van der Waals surface area contributed by atoms with Crippen molar-refractivity contribution in [1.82, 2.24) is 4.90 Å². The number of amides is 1. The molecule has 1 amide bonds. The van der Waals surface area contributed by atoms with Crippen molar-refractivity contribution in [3.05, 3.63) is 59.7 Å². The van der Waals surface area contributed by atoms with E-state index in [-0.39, 0.29) is 12.0 Å². The quantitative estimate of drug-likeness (QED) is 0.0725. The Balaban J connectivity index is 0.945. The van der Waals surface area contributed by atoms with Gasteiger partial charge in [-0.05, 0) is 28.7 Å². The van der Waals surface area contributed by atoms with Crippen molar-refractivity contribution in [2.75, 3.05) is 166 Å². The first-order valence-electron chi connectivity index (χ1n) is 21.6. The van der Waals surface area contributed by atoms with Gasteiger partial charge in [0.05, 0.1) is 139 Å². The second-order valence-electron chi connectivity index (χ2n) is 13.9. The van der Waals surface area contributed by atoms with Gasteiger partial charge in [0.25, 0.3) is 0 Å². The number of fused-ring (bicyclic) bond motifs is 3. The van der Waals surface area contributed by atoms with Crippen LogP contribution in [-0.4, -0.2) is 177 Å². The molecule has 0 saturated carbocycles. The molecule has 0 bridgehead atoms. The van der Waals surface area contributed by atoms with Crippen molar-refractivity contribution in [2.24, 2.45) is 0 Å². The number of carbonyl (C=O) groups excluding carboxylic acids is 1. The van der Waals surface area contributed by atoms with Gasteiger partial charge >= 0.3 is 6.09 Å². The van der Waals surface area contributed by atoms with Crippen LogP contribution in [0.2, 0.25) is 0 Å². The van der Waals surface area contributed by atoms with E-state index in [0.717, 1.165) is 13.0 Å². The Morgan fingerprint density at radius 3 is 1.14 bits per heavy atom. The van der Waals surface area contributed by atoms with E-state index in [1.165, 1.54) is 52.8 Å². The van der Waals surface area contributed by atoms with Crippen molar-refractivity contribution in [2.45, 2.75) is 44.9 Å². The third-order valence-electron chi connectivity index (χ3n) is 9.33. The second kappa shape index (κ2) is 36.0. The van der Waals surface area contributed by atoms with Gasteiger partial charge in [-0.1, -0.05) is 81.1 Å². The highest BCUT2D eigenvalue weighted by molar-refractivity contribution is 5.79. The van der Waals surface area contributed by atoms with Gasteiger partial charge in [-0.3, -0.25) is 0 Å². The van der Waals surface area contributed by atoms with Gasteiger partial charge in [-0.25, -0.2) is 4.79 Å². The highest BCUT2D eigenvalue weighted by Gasteiger charge is 2.29. The molecule has 0 heterocycles. The molecule has 59 heavy (non-hydrogen) atoms. The van der Waals surface area contributed by atoms with Gasteiger partial charge in [-0.15, -0.1) is 0 Å². The van der Waals surface area contributed by atoms with Crippen LogP contribution in [0.4, 0.5) is 4.79 Å². The van der Waals surface area contributed by atoms with E-state index in [1.807, 2.05) is 24.3 Å². The lowest BCUT2D eigenvalue weighted by Gasteiger charge is -2.19. The first kappa shape index (κ1) is 50.6. The van der Waals surface area contributed by atoms with Crippen LogP contribution in [0.1, 0.15) is 56.1 Å². The van der Waals surface area contributed by atoms with Crippen LogP contribution in [0.15, 0.2) is 48.5 Å². The molecule has 1 aliphatic rings. The van der Waals surface area contributed by atoms with Crippen LogP contribution in [0, 0.1) is 0 Å². The van der Waals surface area contributed by atoms with E-state index in [0.29, 0.717) is 152 Å². The average molecular weight is 836 g/mol. The summed E-state index contributed by atoms with van der Waals surface area (Å²) in [5.41, 5.74) is 4.80. The number of benzene rings is 2. The van der Waals surface area contributed by atoms with Crippen LogP contribution < -0.4 is 0 Å². The Morgan fingerprint density at radius 2 is 0.763 bits per heavy atom. The topological polar surface area (TPSA) is 131 Å². The fraction of sp³-hybridized carbons (Fsp3) is 0.711. The minimum atomic E-state index is -0.363. The molecule has 3 rings (SSSR count). The first-order chi connectivity index (χ1) is 29.2. The van der Waals surface area contributed by atoms with Crippen molar-refractivity contribution >= 4 is 6.09 Å². The maximum absolute atomic E-state index is 12.6. The minimum absolute atomic E-state index is 0.0386. The number of likely N-dealkylation sites (N-methyl/N-ethyl adjacent to an activating group) is 1. The SMILES string of the molecule is CCCCCCCOCCOCCOCCOCCOCCOCCOCCOCCOCCOCCOCCN(C)C(=O)OCC1c2ccccc2-c2ccccc21. The molecule has 14 heteroatoms. The molecule has 0 N–H and O–H groups in total. The minimum Gasteiger partial charge on any atom is -0.448 e. The lowest BCUT2D eigenvalue weighted by molar-refractivity contribution is -0.0276. The number of carbonyl (C=O) groups is 1. The number of hydrogen-bond acceptors (Lipinski definition) is 13. The number of unbranched alkanes of at least 4 members (excludes halogenated alkanes) is 4. The number of nitrogens with zero attached hydrogens (tertiary/aromatic N) is 1. The molecule has 0 radical (unpaired) electrons. The Kier molecular flexibility index (Phi) is 30.9. The zero-order chi connectivity index (χ0) is 41.7. The molecule has 0 atom stereocenters. The predicted molar refractivity (Wildman–Crippen MR) is 225 cm³/mol. The van der Waals surface area contributed by atoms with Crippen LogP contribution >= 0.6 is 0 Å². The summed E-state index contributed by atoms with van der Waals surface area (Å²) in [6.07, 6.45) is 5.89. The highest BCUT2D eigenvalue weighted by atomic mass is 16.6. The van der Waals surface area contributed by atoms with Gasteiger partial charge in [0.15, 0.2) is 0 Å². The van der Waals surface area contributed by atoms with Crippen LogP contribution in [0.3, 0.4) is 0 Å². The van der Waals surface area contributed by atoms with Gasteiger partial charge < -0.3 is 61.7 Å². The summed E-state index contributed by atoms with van der Waals surface area (Å²) in [4.78, 5) is 14.2. The summed E-state index contributed by atoms with van der Waals surface area (Å²) in [6, 6.07) is 16.6. The maximum Gasteiger partial charge on any atom is 0.409 e. The van der Waals surface area contributed by atoms with E-state index in [9.17, 15) is 4.79 Å². The van der Waals surface area contributed by atoms with Crippen molar-refractivity contribution in [1.29, 1.82) is 0 Å². The van der Waals surface area contributed by atoms with E-state index >= 15 is 0 Å². The first-order valence-corrected chi connectivity index (χ1v) is 21.6. The molecule has 1 aliphatic carbocycles. The lowest BCUT2D eigenvalue weighted by atomic mass is 9.98. The van der Waals surface area contributed by atoms with E-state index in [1.54, 1.807) is 7.05 Å². The maximum atomic E-state index is 12.6. The van der Waals surface area contributed by atoms with Gasteiger partial charge in [0.1, 0.15) is 6.61 Å². The Labute approximate surface area is 353 Å². The number of ether oxygens (including phenoxy) is 12. The zero-order valence-corrected chi connectivity index (χ0v) is 36.0. The summed E-state index contributed by atoms with van der Waals surface area (Å²) < 4.78 is 66.6. The molecular weight excluding hydrogens is 762 g/mol. The number of rotatable bonds is 41. The standard InChI is InChI=1S/C45H73NO13/c1-3-4-5-6-11-17-48-19-21-50-23-25-52-27-29-54-31-33-56-35-37-58-38-36-57-34-32-55-30-28-53-26-24-51-22-20-49-18-16-46(2)45(47)59-39-44-42-14-9-7-12-40(42)41-13-8-10-15-43(41)44/h7-10,12-15,44H,3-6,11,16-39H2,1-2H3. The summed E-state index contributed by atoms with van der Waals surface area (Å²) >= 11 is 0. The van der Waals surface area contributed by atoms with Gasteiger partial charge in [-0.2, -0.15) is 0 Å². The third kappa shape index (κ3) is 24.3. The molecular formula is C45H73NO13. The average Bonchev–Trinajstić information content (AvgIpc) is 3.58. The lowest BCUT2D eigenvalue weighted by Crippen LogP contribution is -2.32. The Morgan fingerprint density at radius 1 is 0.441 bits per heavy atom. The van der Waals surface area contributed by atoms with E-state index in [4.69, 9.17) is 56.8 Å². The molecule has 14 nitrogen and oxygen atoms in total. The summed E-state index contributed by atoms with van der Waals surface area (Å²) in [6.45, 7) is 14.4. The normalized spacial score (nSPS) is 12.2. The highest BCUT2D eigenvalue weighted by Crippen LogP contribution is 2.44. The fourth-order valence-corrected chi connectivity index (χ4v) is 6.11. The molecule has 2 aromatic carbocycles. The monoisotopic (exact) mass is 836 g/mol. The molecule has 0 spiro atoms. The van der Waals surface area contributed by atoms with E-state index < -0.39 is 0 Å². The van der Waals surface area contributed by atoms with Crippen molar-refractivity contribution < 1.29 is 61.6 Å². The van der Waals surface area contributed by atoms with Crippen LogP contribution in [-0.2, 0) is 56.8 Å². The number of hydrogen-bond donors (Lipinski definition) is 0. The van der Waals surface area contributed by atoms with Gasteiger partial charge in [0, 0.05) is 26.1 Å². The Hall–Kier alpha value is -2.73. The third-order valence-corrected chi connectivity index (χ3v) is 9.33. The fourth-order valence-electron chi connectivity index (χ4n) is 6.11. The summed E-state index contributed by atoms with van der Waals surface area (Å²) in [5.74, 6) is 0.0386. The zero-order valence-electron chi connectivity index (χ0n) is 36.0. The smallest absolute Gasteiger partial charge is 0.409 e. The second-order valence-corrected chi connectivity index (χ2v) is 13.9. The van der Waals surface area contributed by atoms with Crippen molar-refractivity contribution in [3.8, 4) is 11.1 Å².